The lowest BCUT2D eigenvalue weighted by Gasteiger charge is -2.51. The maximum absolute atomic E-state index is 13.8. The number of aliphatic hydroxyl groups is 3. The molecule has 2 unspecified atom stereocenters. The highest BCUT2D eigenvalue weighted by molar-refractivity contribution is 5.84. The van der Waals surface area contributed by atoms with Crippen molar-refractivity contribution in [3.8, 4) is 0 Å². The molecule has 0 bridgehead atoms. The van der Waals surface area contributed by atoms with Crippen LogP contribution in [0.25, 0.3) is 0 Å². The second-order valence-corrected chi connectivity index (χ2v) is 17.7. The molecule has 8 aliphatic rings. The standard InChI is InChI=1S/C41H60O16/c1-18-34(44)27(47-6)15-31(50-18)54-35-19(2)51-29(14-26(35)43)55-36-20(3)52-30(16-28(36)48-7)53-23-10-11-40(4)22(12-23)13-25(42)32-24(40)9-8-21-17-49-41(5)33(21)37(39(46)57-41)56-38(32)45/h13,17-20,23-37,42-44H,8-12,14-16H2,1-7H3/t18-,19-,20-,23+,24?,25+,26+,27-,28-,29+,30+,31-,32?,33-,34-,35-,36-,37+,40+,41+/m1/s1. The molecule has 0 spiro atoms. The molecule has 6 aliphatic heterocycles. The van der Waals surface area contributed by atoms with Crippen LogP contribution in [0, 0.1) is 23.2 Å². The van der Waals surface area contributed by atoms with Gasteiger partial charge in [0.05, 0.1) is 61.0 Å². The van der Waals surface area contributed by atoms with Crippen molar-refractivity contribution in [1.29, 1.82) is 0 Å². The SMILES string of the molecule is CO[C@@H]1C[C@@H](O[C@H]2[C@@H](O)C[C@H](O[C@@H]3[C@@H](C)O[C@@H](O[C@H]4CC[C@@]5(C)C(=C[C@H](O)C6C(=O)O[C@@H]7C(=O)O[C@]8(C)OC=C(CCC65)[C@H]78)C4)C[C@H]3OC)O[C@@H]2C)O[C@H](C)[C@H]1O. The number of esters is 2. The van der Waals surface area contributed by atoms with E-state index in [1.165, 1.54) is 7.11 Å². The Balaban J connectivity index is 0.871. The number of ether oxygens (including phenoxy) is 11. The normalized spacial score (nSPS) is 51.1. The Bertz CT molecular complexity index is 1560. The summed E-state index contributed by atoms with van der Waals surface area (Å²) in [4.78, 5) is 26.5. The zero-order valence-corrected chi connectivity index (χ0v) is 33.9. The quantitative estimate of drug-likeness (QED) is 0.239. The van der Waals surface area contributed by atoms with Crippen LogP contribution in [0.4, 0.5) is 0 Å². The highest BCUT2D eigenvalue weighted by atomic mass is 16.8. The van der Waals surface area contributed by atoms with Gasteiger partial charge in [-0.05, 0) is 69.8 Å². The summed E-state index contributed by atoms with van der Waals surface area (Å²) in [5, 5.41) is 33.0. The third-order valence-corrected chi connectivity index (χ3v) is 14.1. The Labute approximate surface area is 333 Å². The van der Waals surface area contributed by atoms with Gasteiger partial charge in [0.15, 0.2) is 18.9 Å². The molecule has 320 valence electrons. The second-order valence-electron chi connectivity index (χ2n) is 17.7. The fourth-order valence-corrected chi connectivity index (χ4v) is 10.9. The number of carbonyl (C=O) groups is 2. The third-order valence-electron chi connectivity index (χ3n) is 14.1. The molecule has 1 saturated carbocycles. The van der Waals surface area contributed by atoms with Crippen molar-refractivity contribution in [2.45, 2.75) is 184 Å². The molecule has 3 N–H and O–H groups in total. The summed E-state index contributed by atoms with van der Waals surface area (Å²) in [7, 11) is 3.16. The van der Waals surface area contributed by atoms with E-state index in [1.807, 2.05) is 13.8 Å². The van der Waals surface area contributed by atoms with Crippen LogP contribution in [0.1, 0.15) is 86.0 Å². The van der Waals surface area contributed by atoms with Crippen LogP contribution in [0.2, 0.25) is 0 Å². The Hall–Kier alpha value is -2.22. The minimum atomic E-state index is -1.20. The smallest absolute Gasteiger partial charge is 0.351 e. The van der Waals surface area contributed by atoms with E-state index in [4.69, 9.17) is 52.1 Å². The van der Waals surface area contributed by atoms with Crippen molar-refractivity contribution in [1.82, 2.24) is 0 Å². The van der Waals surface area contributed by atoms with Gasteiger partial charge in [0.2, 0.25) is 6.10 Å². The number of hydrogen-bond donors (Lipinski definition) is 3. The number of hydrogen-bond acceptors (Lipinski definition) is 16. The van der Waals surface area contributed by atoms with Gasteiger partial charge in [0.25, 0.3) is 5.79 Å². The maximum atomic E-state index is 13.8. The first-order valence-corrected chi connectivity index (χ1v) is 20.7. The molecule has 0 aromatic carbocycles. The van der Waals surface area contributed by atoms with Crippen molar-refractivity contribution in [2.75, 3.05) is 14.2 Å². The molecular weight excluding hydrogens is 748 g/mol. The molecule has 0 aromatic heterocycles. The predicted octanol–water partition coefficient (Wildman–Crippen LogP) is 2.53. The van der Waals surface area contributed by atoms with Crippen molar-refractivity contribution in [3.63, 3.8) is 0 Å². The first-order chi connectivity index (χ1) is 27.1. The van der Waals surface area contributed by atoms with Gasteiger partial charge in [-0.2, -0.15) is 0 Å². The van der Waals surface area contributed by atoms with Crippen LogP contribution in [0.3, 0.4) is 0 Å². The molecule has 8 rings (SSSR count). The number of carbonyl (C=O) groups excluding carboxylic acids is 2. The van der Waals surface area contributed by atoms with Crippen molar-refractivity contribution >= 4 is 11.9 Å². The minimum absolute atomic E-state index is 0.160. The lowest BCUT2D eigenvalue weighted by Crippen LogP contribution is -2.56. The van der Waals surface area contributed by atoms with Gasteiger partial charge in [-0.3, -0.25) is 4.79 Å². The van der Waals surface area contributed by atoms with E-state index >= 15 is 0 Å². The topological polar surface area (TPSA) is 196 Å². The Morgan fingerprint density at radius 1 is 0.789 bits per heavy atom. The number of methoxy groups -OCH3 is 2. The third kappa shape index (κ3) is 7.60. The van der Waals surface area contributed by atoms with E-state index in [-0.39, 0.29) is 24.5 Å². The van der Waals surface area contributed by atoms with Gasteiger partial charge < -0.3 is 67.4 Å². The lowest BCUT2D eigenvalue weighted by molar-refractivity contribution is -0.337. The molecule has 2 aliphatic carbocycles. The molecule has 6 heterocycles. The van der Waals surface area contributed by atoms with Crippen LogP contribution in [-0.2, 0) is 61.7 Å². The summed E-state index contributed by atoms with van der Waals surface area (Å²) in [6.07, 6.45) is -2.00. The van der Waals surface area contributed by atoms with Crippen molar-refractivity contribution in [2.24, 2.45) is 23.2 Å². The van der Waals surface area contributed by atoms with E-state index in [1.54, 1.807) is 33.3 Å². The van der Waals surface area contributed by atoms with Gasteiger partial charge >= 0.3 is 11.9 Å². The van der Waals surface area contributed by atoms with Crippen LogP contribution in [-0.4, -0.2) is 139 Å². The number of aliphatic hydroxyl groups excluding tert-OH is 3. The van der Waals surface area contributed by atoms with Crippen LogP contribution >= 0.6 is 0 Å². The molecule has 20 atom stereocenters. The summed E-state index contributed by atoms with van der Waals surface area (Å²) in [6.45, 7) is 9.33. The lowest BCUT2D eigenvalue weighted by atomic mass is 9.55. The van der Waals surface area contributed by atoms with E-state index in [0.717, 1.165) is 17.6 Å². The maximum Gasteiger partial charge on any atom is 0.351 e. The summed E-state index contributed by atoms with van der Waals surface area (Å²) < 4.78 is 66.1. The molecule has 0 amide bonds. The first-order valence-electron chi connectivity index (χ1n) is 20.7. The zero-order chi connectivity index (χ0) is 40.6. The largest absolute Gasteiger partial charge is 0.459 e. The molecule has 6 fully saturated rings. The molecule has 0 radical (unpaired) electrons. The Morgan fingerprint density at radius 2 is 1.44 bits per heavy atom. The number of rotatable bonds is 8. The van der Waals surface area contributed by atoms with Crippen LogP contribution in [0.5, 0.6) is 0 Å². The van der Waals surface area contributed by atoms with Crippen molar-refractivity contribution in [3.05, 3.63) is 23.5 Å². The summed E-state index contributed by atoms with van der Waals surface area (Å²) in [5.41, 5.74) is 1.52. The Morgan fingerprint density at radius 3 is 2.16 bits per heavy atom. The Kier molecular flexibility index (Phi) is 11.6. The molecule has 16 nitrogen and oxygen atoms in total. The highest BCUT2D eigenvalue weighted by Crippen LogP contribution is 2.57. The molecule has 16 heteroatoms. The molecule has 5 saturated heterocycles. The highest BCUT2D eigenvalue weighted by Gasteiger charge is 2.63. The zero-order valence-electron chi connectivity index (χ0n) is 33.9. The van der Waals surface area contributed by atoms with Crippen LogP contribution in [0.15, 0.2) is 23.5 Å². The average molecular weight is 809 g/mol. The second kappa shape index (κ2) is 16.0. The van der Waals surface area contributed by atoms with Crippen LogP contribution < -0.4 is 0 Å². The molecule has 0 aromatic rings. The van der Waals surface area contributed by atoms with Crippen molar-refractivity contribution < 1.29 is 77.0 Å². The summed E-state index contributed by atoms with van der Waals surface area (Å²) in [5.74, 6) is -3.97. The van der Waals surface area contributed by atoms with E-state index < -0.39 is 115 Å². The van der Waals surface area contributed by atoms with E-state index in [9.17, 15) is 24.9 Å². The van der Waals surface area contributed by atoms with E-state index in [2.05, 4.69) is 6.92 Å². The summed E-state index contributed by atoms with van der Waals surface area (Å²) in [6, 6.07) is 0. The fraction of sp³-hybridized carbons (Fsp3) is 0.854. The molecular formula is C41H60O16. The van der Waals surface area contributed by atoms with Gasteiger partial charge in [-0.1, -0.05) is 18.6 Å². The fourth-order valence-electron chi connectivity index (χ4n) is 10.9. The van der Waals surface area contributed by atoms with E-state index in [0.29, 0.717) is 38.5 Å². The molecule has 57 heavy (non-hydrogen) atoms. The van der Waals surface area contributed by atoms with Gasteiger partial charge in [-0.25, -0.2) is 4.79 Å². The predicted molar refractivity (Wildman–Crippen MR) is 194 cm³/mol. The number of fused-ring (bicyclic) bond motifs is 3. The van der Waals surface area contributed by atoms with Gasteiger partial charge in [0, 0.05) is 40.4 Å². The monoisotopic (exact) mass is 808 g/mol. The minimum Gasteiger partial charge on any atom is -0.459 e. The first kappa shape index (κ1) is 41.5. The summed E-state index contributed by atoms with van der Waals surface area (Å²) >= 11 is 0. The van der Waals surface area contributed by atoms with Gasteiger partial charge in [0.1, 0.15) is 24.2 Å². The average Bonchev–Trinajstić information content (AvgIpc) is 3.62. The van der Waals surface area contributed by atoms with Gasteiger partial charge in [-0.15, -0.1) is 0 Å².